The van der Waals surface area contributed by atoms with E-state index in [4.69, 9.17) is 5.11 Å². The lowest BCUT2D eigenvalue weighted by Gasteiger charge is -2.30. The molecule has 19 heavy (non-hydrogen) atoms. The van der Waals surface area contributed by atoms with E-state index in [1.807, 2.05) is 53.7 Å². The van der Waals surface area contributed by atoms with Gasteiger partial charge < -0.3 is 10.2 Å². The first-order valence-electron chi connectivity index (χ1n) is 6.52. The van der Waals surface area contributed by atoms with Crippen LogP contribution in [0.5, 0.6) is 5.75 Å². The highest BCUT2D eigenvalue weighted by Gasteiger charge is 2.31. The first-order chi connectivity index (χ1) is 8.47. The van der Waals surface area contributed by atoms with Crippen LogP contribution < -0.4 is 0 Å². The summed E-state index contributed by atoms with van der Waals surface area (Å²) in [5, 5.41) is 19.6. The van der Waals surface area contributed by atoms with E-state index in [9.17, 15) is 9.90 Å². The quantitative estimate of drug-likeness (QED) is 0.874. The molecule has 106 valence electrons. The van der Waals surface area contributed by atoms with E-state index in [0.29, 0.717) is 0 Å². The Labute approximate surface area is 115 Å². The summed E-state index contributed by atoms with van der Waals surface area (Å²) in [7, 11) is 0. The molecule has 0 radical (unpaired) electrons. The van der Waals surface area contributed by atoms with Crippen molar-refractivity contribution in [2.75, 3.05) is 0 Å². The Kier molecular flexibility index (Phi) is 3.99. The maximum Gasteiger partial charge on any atom is 0.304 e. The molecule has 1 rings (SSSR count). The molecule has 0 heterocycles. The lowest BCUT2D eigenvalue weighted by molar-refractivity contribution is -0.138. The summed E-state index contributed by atoms with van der Waals surface area (Å²) in [6, 6.07) is 3.88. The molecule has 2 N–H and O–H groups in total. The SMILES string of the molecule is Cc1ccc(C(C)(C)C)c(O)c1C(C)(C)CC(=O)O. The Morgan fingerprint density at radius 3 is 2.11 bits per heavy atom. The number of phenols is 1. The van der Waals surface area contributed by atoms with E-state index in [-0.39, 0.29) is 17.6 Å². The third-order valence-corrected chi connectivity index (χ3v) is 3.46. The van der Waals surface area contributed by atoms with E-state index in [1.54, 1.807) is 0 Å². The molecular weight excluding hydrogens is 240 g/mol. The minimum atomic E-state index is -0.857. The number of rotatable bonds is 3. The third kappa shape index (κ3) is 3.28. The van der Waals surface area contributed by atoms with E-state index < -0.39 is 11.4 Å². The molecule has 0 saturated carbocycles. The van der Waals surface area contributed by atoms with E-state index in [0.717, 1.165) is 16.7 Å². The number of aliphatic carboxylic acids is 1. The van der Waals surface area contributed by atoms with Gasteiger partial charge in [0.2, 0.25) is 0 Å². The molecule has 0 aliphatic rings. The minimum absolute atomic E-state index is 0.00496. The highest BCUT2D eigenvalue weighted by atomic mass is 16.4. The Hall–Kier alpha value is -1.51. The predicted octanol–water partition coefficient (Wildman–Crippen LogP) is 3.75. The van der Waals surface area contributed by atoms with Crippen molar-refractivity contribution < 1.29 is 15.0 Å². The van der Waals surface area contributed by atoms with Gasteiger partial charge in [-0.1, -0.05) is 46.8 Å². The van der Waals surface area contributed by atoms with Crippen LogP contribution in [-0.2, 0) is 15.6 Å². The van der Waals surface area contributed by atoms with Crippen LogP contribution in [0.1, 0.15) is 57.7 Å². The highest BCUT2D eigenvalue weighted by molar-refractivity contribution is 5.70. The van der Waals surface area contributed by atoms with Crippen LogP contribution in [0.15, 0.2) is 12.1 Å². The number of aromatic hydroxyl groups is 1. The fourth-order valence-electron chi connectivity index (χ4n) is 2.62. The summed E-state index contributed by atoms with van der Waals surface area (Å²) in [6.07, 6.45) is -0.00496. The lowest BCUT2D eigenvalue weighted by Crippen LogP contribution is -2.24. The number of hydrogen-bond acceptors (Lipinski definition) is 2. The van der Waals surface area contributed by atoms with E-state index >= 15 is 0 Å². The summed E-state index contributed by atoms with van der Waals surface area (Å²) in [6.45, 7) is 11.7. The van der Waals surface area contributed by atoms with Crippen LogP contribution >= 0.6 is 0 Å². The van der Waals surface area contributed by atoms with Gasteiger partial charge in [-0.2, -0.15) is 0 Å². The molecule has 3 nitrogen and oxygen atoms in total. The van der Waals surface area contributed by atoms with Crippen molar-refractivity contribution in [1.82, 2.24) is 0 Å². The highest BCUT2D eigenvalue weighted by Crippen LogP contribution is 2.42. The van der Waals surface area contributed by atoms with Crippen LogP contribution in [0.3, 0.4) is 0 Å². The molecule has 3 heteroatoms. The van der Waals surface area contributed by atoms with Crippen LogP contribution in [-0.4, -0.2) is 16.2 Å². The Morgan fingerprint density at radius 1 is 1.16 bits per heavy atom. The summed E-state index contributed by atoms with van der Waals surface area (Å²) in [4.78, 5) is 11.0. The van der Waals surface area contributed by atoms with Crippen molar-refractivity contribution in [3.05, 3.63) is 28.8 Å². The van der Waals surface area contributed by atoms with Gasteiger partial charge in [0.1, 0.15) is 5.75 Å². The molecule has 0 bridgehead atoms. The van der Waals surface area contributed by atoms with Crippen molar-refractivity contribution in [3.63, 3.8) is 0 Å². The average molecular weight is 264 g/mol. The van der Waals surface area contributed by atoms with Crippen molar-refractivity contribution in [3.8, 4) is 5.75 Å². The molecule has 1 aromatic rings. The van der Waals surface area contributed by atoms with Crippen molar-refractivity contribution >= 4 is 5.97 Å². The standard InChI is InChI=1S/C16H24O3/c1-10-7-8-11(15(2,3)4)14(19)13(10)16(5,6)9-12(17)18/h7-8,19H,9H2,1-6H3,(H,17,18). The predicted molar refractivity (Wildman–Crippen MR) is 76.8 cm³/mol. The first-order valence-corrected chi connectivity index (χ1v) is 6.52. The summed E-state index contributed by atoms with van der Waals surface area (Å²) >= 11 is 0. The summed E-state index contributed by atoms with van der Waals surface area (Å²) < 4.78 is 0. The monoisotopic (exact) mass is 264 g/mol. The van der Waals surface area contributed by atoms with Gasteiger partial charge in [0, 0.05) is 11.0 Å². The smallest absolute Gasteiger partial charge is 0.304 e. The summed E-state index contributed by atoms with van der Waals surface area (Å²) in [5.74, 6) is -0.622. The largest absolute Gasteiger partial charge is 0.507 e. The van der Waals surface area contributed by atoms with Gasteiger partial charge in [0.05, 0.1) is 6.42 Å². The maximum absolute atomic E-state index is 11.0. The van der Waals surface area contributed by atoms with Crippen LogP contribution in [0, 0.1) is 6.92 Å². The maximum atomic E-state index is 11.0. The number of hydrogen-bond donors (Lipinski definition) is 2. The molecule has 0 atom stereocenters. The normalized spacial score (nSPS) is 12.5. The zero-order valence-electron chi connectivity index (χ0n) is 12.7. The molecular formula is C16H24O3. The van der Waals surface area contributed by atoms with Gasteiger partial charge in [0.15, 0.2) is 0 Å². The molecule has 0 aromatic heterocycles. The van der Waals surface area contributed by atoms with Crippen molar-refractivity contribution in [2.45, 2.75) is 58.8 Å². The molecule has 0 fully saturated rings. The zero-order chi connectivity index (χ0) is 15.0. The molecule has 0 unspecified atom stereocenters. The zero-order valence-corrected chi connectivity index (χ0v) is 12.7. The minimum Gasteiger partial charge on any atom is -0.507 e. The van der Waals surface area contributed by atoms with Crippen LogP contribution in [0.25, 0.3) is 0 Å². The number of carbonyl (C=O) groups is 1. The summed E-state index contributed by atoms with van der Waals surface area (Å²) in [5.41, 5.74) is 1.75. The Balaban J connectivity index is 3.47. The molecule has 1 aromatic carbocycles. The van der Waals surface area contributed by atoms with Crippen molar-refractivity contribution in [2.24, 2.45) is 0 Å². The van der Waals surface area contributed by atoms with Gasteiger partial charge in [-0.15, -0.1) is 0 Å². The first kappa shape index (κ1) is 15.5. The molecule has 0 amide bonds. The second kappa shape index (κ2) is 4.87. The van der Waals surface area contributed by atoms with Crippen LogP contribution in [0.2, 0.25) is 0 Å². The van der Waals surface area contributed by atoms with E-state index in [2.05, 4.69) is 0 Å². The topological polar surface area (TPSA) is 57.5 Å². The Bertz CT molecular complexity index is 493. The molecule has 0 aliphatic heterocycles. The number of carboxylic acids is 1. The van der Waals surface area contributed by atoms with E-state index in [1.165, 1.54) is 0 Å². The Morgan fingerprint density at radius 2 is 1.68 bits per heavy atom. The second-order valence-corrected chi connectivity index (χ2v) is 6.86. The van der Waals surface area contributed by atoms with Gasteiger partial charge >= 0.3 is 5.97 Å². The fraction of sp³-hybridized carbons (Fsp3) is 0.562. The van der Waals surface area contributed by atoms with Gasteiger partial charge in [-0.05, 0) is 23.5 Å². The van der Waals surface area contributed by atoms with Crippen LogP contribution in [0.4, 0.5) is 0 Å². The molecule has 0 spiro atoms. The van der Waals surface area contributed by atoms with Gasteiger partial charge in [0.25, 0.3) is 0 Å². The van der Waals surface area contributed by atoms with Gasteiger partial charge in [-0.25, -0.2) is 0 Å². The molecule has 0 aliphatic carbocycles. The number of carboxylic acid groups (broad SMARTS) is 1. The number of benzene rings is 1. The number of aryl methyl sites for hydroxylation is 1. The van der Waals surface area contributed by atoms with Gasteiger partial charge in [-0.3, -0.25) is 4.79 Å². The fourth-order valence-corrected chi connectivity index (χ4v) is 2.62. The average Bonchev–Trinajstić information content (AvgIpc) is 2.11. The second-order valence-electron chi connectivity index (χ2n) is 6.86. The van der Waals surface area contributed by atoms with Crippen molar-refractivity contribution in [1.29, 1.82) is 0 Å². The molecule has 0 saturated heterocycles. The number of phenolic OH excluding ortho intramolecular Hbond substituents is 1. The lowest BCUT2D eigenvalue weighted by atomic mass is 9.75. The third-order valence-electron chi connectivity index (χ3n) is 3.46.